The van der Waals surface area contributed by atoms with E-state index in [1.165, 1.54) is 18.2 Å². The van der Waals surface area contributed by atoms with Gasteiger partial charge in [-0.05, 0) is 48.0 Å². The molecule has 2 rings (SSSR count). The summed E-state index contributed by atoms with van der Waals surface area (Å²) >= 11 is 0. The summed E-state index contributed by atoms with van der Waals surface area (Å²) in [7, 11) is 1.54. The number of benzene rings is 2. The van der Waals surface area contributed by atoms with Crippen molar-refractivity contribution in [3.8, 4) is 11.5 Å². The van der Waals surface area contributed by atoms with Crippen molar-refractivity contribution in [1.29, 1.82) is 0 Å². The van der Waals surface area contributed by atoms with E-state index in [1.54, 1.807) is 49.6 Å². The minimum Gasteiger partial charge on any atom is -0.497 e. The largest absolute Gasteiger partial charge is 0.497 e. The maximum absolute atomic E-state index is 12.1. The quantitative estimate of drug-likeness (QED) is 0.574. The van der Waals surface area contributed by atoms with E-state index in [0.717, 1.165) is 0 Å². The average Bonchev–Trinajstić information content (AvgIpc) is 2.58. The van der Waals surface area contributed by atoms with E-state index < -0.39 is 12.8 Å². The Hall–Kier alpha value is -2.76. The number of carbonyl (C=O) groups excluding carboxylic acids is 1. The highest BCUT2D eigenvalue weighted by Gasteiger charge is 2.28. The third-order valence-electron chi connectivity index (χ3n) is 3.08. The molecule has 0 aromatic heterocycles. The SMILES string of the molecule is COc1ccc(C(=O)C=Cc2ccc(OCC(F)(F)F)cc2)cc1. The number of methoxy groups -OCH3 is 1. The van der Waals surface area contributed by atoms with Crippen LogP contribution in [0.3, 0.4) is 0 Å². The Kier molecular flexibility index (Phi) is 5.63. The van der Waals surface area contributed by atoms with Crippen LogP contribution in [0.4, 0.5) is 13.2 Å². The number of halogens is 3. The Morgan fingerprint density at radius 1 is 1.00 bits per heavy atom. The fourth-order valence-corrected chi connectivity index (χ4v) is 1.86. The Morgan fingerprint density at radius 2 is 1.58 bits per heavy atom. The summed E-state index contributed by atoms with van der Waals surface area (Å²) in [6, 6.07) is 12.7. The molecule has 0 atom stereocenters. The lowest BCUT2D eigenvalue weighted by Crippen LogP contribution is -2.19. The van der Waals surface area contributed by atoms with Gasteiger partial charge in [0.15, 0.2) is 12.4 Å². The molecular weight excluding hydrogens is 321 g/mol. The van der Waals surface area contributed by atoms with Gasteiger partial charge in [0.05, 0.1) is 7.11 Å². The van der Waals surface area contributed by atoms with Gasteiger partial charge in [0, 0.05) is 5.56 Å². The predicted molar refractivity (Wildman–Crippen MR) is 84.4 cm³/mol. The first-order chi connectivity index (χ1) is 11.4. The van der Waals surface area contributed by atoms with Gasteiger partial charge in [-0.15, -0.1) is 0 Å². The number of carbonyl (C=O) groups is 1. The van der Waals surface area contributed by atoms with Gasteiger partial charge in [-0.3, -0.25) is 4.79 Å². The highest BCUT2D eigenvalue weighted by molar-refractivity contribution is 6.06. The van der Waals surface area contributed by atoms with Crippen LogP contribution < -0.4 is 9.47 Å². The van der Waals surface area contributed by atoms with E-state index in [2.05, 4.69) is 4.74 Å². The van der Waals surface area contributed by atoms with Crippen LogP contribution in [0.15, 0.2) is 54.6 Å². The van der Waals surface area contributed by atoms with E-state index in [0.29, 0.717) is 16.9 Å². The van der Waals surface area contributed by atoms with Crippen LogP contribution in [0, 0.1) is 0 Å². The number of rotatable bonds is 6. The average molecular weight is 336 g/mol. The van der Waals surface area contributed by atoms with E-state index in [-0.39, 0.29) is 11.5 Å². The molecule has 0 aliphatic heterocycles. The number of alkyl halides is 3. The summed E-state index contributed by atoms with van der Waals surface area (Å²) in [4.78, 5) is 12.0. The van der Waals surface area contributed by atoms with Crippen molar-refractivity contribution in [3.63, 3.8) is 0 Å². The van der Waals surface area contributed by atoms with Crippen LogP contribution in [-0.2, 0) is 0 Å². The van der Waals surface area contributed by atoms with Crippen molar-refractivity contribution in [3.05, 3.63) is 65.7 Å². The first-order valence-electron chi connectivity index (χ1n) is 7.03. The van der Waals surface area contributed by atoms with Gasteiger partial charge in [-0.25, -0.2) is 0 Å². The summed E-state index contributed by atoms with van der Waals surface area (Å²) < 4.78 is 45.8. The highest BCUT2D eigenvalue weighted by atomic mass is 19.4. The minimum absolute atomic E-state index is 0.117. The van der Waals surface area contributed by atoms with Crippen molar-refractivity contribution < 1.29 is 27.4 Å². The molecule has 2 aromatic carbocycles. The lowest BCUT2D eigenvalue weighted by molar-refractivity contribution is -0.153. The monoisotopic (exact) mass is 336 g/mol. The number of allylic oxidation sites excluding steroid dienone is 1. The van der Waals surface area contributed by atoms with Crippen molar-refractivity contribution in [2.24, 2.45) is 0 Å². The number of hydrogen-bond donors (Lipinski definition) is 0. The Morgan fingerprint density at radius 3 is 2.12 bits per heavy atom. The second-order valence-electron chi connectivity index (χ2n) is 4.90. The lowest BCUT2D eigenvalue weighted by atomic mass is 10.1. The molecule has 0 aliphatic carbocycles. The van der Waals surface area contributed by atoms with E-state index in [9.17, 15) is 18.0 Å². The van der Waals surface area contributed by atoms with Crippen LogP contribution in [-0.4, -0.2) is 25.7 Å². The number of ketones is 1. The van der Waals surface area contributed by atoms with Crippen LogP contribution >= 0.6 is 0 Å². The molecule has 2 aromatic rings. The number of ether oxygens (including phenoxy) is 2. The van der Waals surface area contributed by atoms with Crippen molar-refractivity contribution >= 4 is 11.9 Å². The maximum Gasteiger partial charge on any atom is 0.422 e. The normalized spacial score (nSPS) is 11.5. The van der Waals surface area contributed by atoms with Gasteiger partial charge >= 0.3 is 6.18 Å². The molecule has 0 saturated carbocycles. The van der Waals surface area contributed by atoms with Crippen molar-refractivity contribution in [2.75, 3.05) is 13.7 Å². The fourth-order valence-electron chi connectivity index (χ4n) is 1.86. The van der Waals surface area contributed by atoms with E-state index >= 15 is 0 Å². The van der Waals surface area contributed by atoms with Gasteiger partial charge in [0.25, 0.3) is 0 Å². The zero-order chi connectivity index (χ0) is 17.6. The zero-order valence-electron chi connectivity index (χ0n) is 12.8. The van der Waals surface area contributed by atoms with Gasteiger partial charge in [0.1, 0.15) is 11.5 Å². The molecule has 0 unspecified atom stereocenters. The summed E-state index contributed by atoms with van der Waals surface area (Å²) in [6.45, 7) is -1.34. The van der Waals surface area contributed by atoms with Crippen molar-refractivity contribution in [1.82, 2.24) is 0 Å². The topological polar surface area (TPSA) is 35.5 Å². The molecule has 0 N–H and O–H groups in total. The van der Waals surface area contributed by atoms with Crippen LogP contribution in [0.5, 0.6) is 11.5 Å². The van der Waals surface area contributed by atoms with Gasteiger partial charge in [-0.2, -0.15) is 13.2 Å². The smallest absolute Gasteiger partial charge is 0.422 e. The Balaban J connectivity index is 1.96. The second-order valence-corrected chi connectivity index (χ2v) is 4.90. The molecule has 126 valence electrons. The Bertz CT molecular complexity index is 702. The molecule has 3 nitrogen and oxygen atoms in total. The summed E-state index contributed by atoms with van der Waals surface area (Å²) in [5.41, 5.74) is 1.19. The molecule has 0 fully saturated rings. The fraction of sp³-hybridized carbons (Fsp3) is 0.167. The summed E-state index contributed by atoms with van der Waals surface area (Å²) in [6.07, 6.45) is -1.39. The van der Waals surface area contributed by atoms with Gasteiger partial charge in [-0.1, -0.05) is 18.2 Å². The molecule has 0 heterocycles. The molecule has 0 saturated heterocycles. The minimum atomic E-state index is -4.37. The summed E-state index contributed by atoms with van der Waals surface area (Å²) in [5.74, 6) is 0.589. The molecule has 0 amide bonds. The summed E-state index contributed by atoms with van der Waals surface area (Å²) in [5, 5.41) is 0. The molecule has 0 spiro atoms. The third-order valence-corrected chi connectivity index (χ3v) is 3.08. The highest BCUT2D eigenvalue weighted by Crippen LogP contribution is 2.19. The van der Waals surface area contributed by atoms with Crippen LogP contribution in [0.1, 0.15) is 15.9 Å². The van der Waals surface area contributed by atoms with Gasteiger partial charge in [0.2, 0.25) is 0 Å². The van der Waals surface area contributed by atoms with E-state index in [1.807, 2.05) is 0 Å². The predicted octanol–water partition coefficient (Wildman–Crippen LogP) is 4.53. The van der Waals surface area contributed by atoms with Crippen LogP contribution in [0.2, 0.25) is 0 Å². The standard InChI is InChI=1S/C18H15F3O3/c1-23-15-9-5-14(6-10-15)17(22)11-4-13-2-7-16(8-3-13)24-12-18(19,20)21/h2-11H,12H2,1H3. The first-order valence-corrected chi connectivity index (χ1v) is 7.03. The molecular formula is C18H15F3O3. The molecule has 0 aliphatic rings. The first kappa shape index (κ1) is 17.6. The van der Waals surface area contributed by atoms with Gasteiger partial charge < -0.3 is 9.47 Å². The Labute approximate surface area is 137 Å². The molecule has 24 heavy (non-hydrogen) atoms. The van der Waals surface area contributed by atoms with Crippen LogP contribution in [0.25, 0.3) is 6.08 Å². The van der Waals surface area contributed by atoms with E-state index in [4.69, 9.17) is 4.74 Å². The molecule has 6 heteroatoms. The molecule has 0 bridgehead atoms. The zero-order valence-corrected chi connectivity index (χ0v) is 12.8. The third kappa shape index (κ3) is 5.46. The van der Waals surface area contributed by atoms with Crippen molar-refractivity contribution in [2.45, 2.75) is 6.18 Å². The molecule has 0 radical (unpaired) electrons. The second kappa shape index (κ2) is 7.68. The lowest BCUT2D eigenvalue weighted by Gasteiger charge is -2.08. The number of hydrogen-bond acceptors (Lipinski definition) is 3. The maximum atomic E-state index is 12.1.